The van der Waals surface area contributed by atoms with Gasteiger partial charge in [0.25, 0.3) is 0 Å². The Balaban J connectivity index is 2.59. The summed E-state index contributed by atoms with van der Waals surface area (Å²) < 4.78 is 13.6. The van der Waals surface area contributed by atoms with E-state index in [0.717, 1.165) is 0 Å². The van der Waals surface area contributed by atoms with Crippen LogP contribution >= 0.6 is 0 Å². The molecule has 78 valence electrons. The average Bonchev–Trinajstić information content (AvgIpc) is 2.29. The van der Waals surface area contributed by atoms with Crippen molar-refractivity contribution < 1.29 is 9.18 Å². The number of hydrogen-bond acceptors (Lipinski definition) is 2. The number of halogens is 1. The molecule has 0 unspecified atom stereocenters. The normalized spacial score (nSPS) is 10.0. The monoisotopic (exact) mass is 213 g/mol. The maximum Gasteiger partial charge on any atom is 0.177 e. The molecule has 0 amide bonds. The molecular weight excluding hydrogens is 205 g/mol. The fraction of sp³-hybridized carbons (Fsp3) is 0.0769. The van der Waals surface area contributed by atoms with Gasteiger partial charge < -0.3 is 0 Å². The van der Waals surface area contributed by atoms with Crippen LogP contribution in [0.15, 0.2) is 36.4 Å². The van der Waals surface area contributed by atoms with Gasteiger partial charge in [0.1, 0.15) is 5.82 Å². The summed E-state index contributed by atoms with van der Waals surface area (Å²) in [6.45, 7) is 0. The Hall–Kier alpha value is -2.21. The van der Waals surface area contributed by atoms with Gasteiger partial charge in [-0.3, -0.25) is 4.79 Å². The van der Waals surface area contributed by atoms with E-state index in [-0.39, 0.29) is 17.8 Å². The van der Waals surface area contributed by atoms with Gasteiger partial charge >= 0.3 is 0 Å². The maximum absolute atomic E-state index is 13.6. The van der Waals surface area contributed by atoms with Crippen molar-refractivity contribution in [2.45, 2.75) is 6.42 Å². The van der Waals surface area contributed by atoms with Crippen molar-refractivity contribution >= 4 is 16.6 Å². The zero-order valence-corrected chi connectivity index (χ0v) is 8.40. The van der Waals surface area contributed by atoms with Gasteiger partial charge in [0.15, 0.2) is 5.78 Å². The number of Topliss-reactive ketones (excluding diaryl/α,β-unsaturated/α-hetero) is 1. The largest absolute Gasteiger partial charge is 0.293 e. The highest BCUT2D eigenvalue weighted by Gasteiger charge is 2.09. The molecule has 0 aromatic heterocycles. The highest BCUT2D eigenvalue weighted by molar-refractivity contribution is 6.01. The predicted molar refractivity (Wildman–Crippen MR) is 58.5 cm³/mol. The van der Waals surface area contributed by atoms with Gasteiger partial charge in [-0.15, -0.1) is 0 Å². The van der Waals surface area contributed by atoms with Gasteiger partial charge in [0, 0.05) is 10.9 Å². The summed E-state index contributed by atoms with van der Waals surface area (Å²) in [6, 6.07) is 11.5. The first kappa shape index (κ1) is 10.3. The Labute approximate surface area is 91.9 Å². The Morgan fingerprint density at radius 2 is 2.06 bits per heavy atom. The van der Waals surface area contributed by atoms with Crippen molar-refractivity contribution in [3.05, 3.63) is 47.8 Å². The fourth-order valence-corrected chi connectivity index (χ4v) is 1.60. The molecule has 0 aliphatic heterocycles. The van der Waals surface area contributed by atoms with E-state index >= 15 is 0 Å². The summed E-state index contributed by atoms with van der Waals surface area (Å²) in [6.07, 6.45) is -0.224. The van der Waals surface area contributed by atoms with Gasteiger partial charge in [0.05, 0.1) is 12.5 Å². The SMILES string of the molecule is N#CCC(=O)c1cc(F)c2ccccc2c1. The molecule has 3 heteroatoms. The Morgan fingerprint density at radius 3 is 2.81 bits per heavy atom. The number of nitrogens with zero attached hydrogens (tertiary/aromatic N) is 1. The summed E-state index contributed by atoms with van der Waals surface area (Å²) in [7, 11) is 0. The number of hydrogen-bond donors (Lipinski definition) is 0. The third-order valence-electron chi connectivity index (χ3n) is 2.37. The maximum atomic E-state index is 13.6. The number of benzene rings is 2. The van der Waals surface area contributed by atoms with Crippen LogP contribution in [-0.4, -0.2) is 5.78 Å². The van der Waals surface area contributed by atoms with E-state index in [1.165, 1.54) is 6.07 Å². The summed E-state index contributed by atoms with van der Waals surface area (Å²) >= 11 is 0. The smallest absolute Gasteiger partial charge is 0.177 e. The lowest BCUT2D eigenvalue weighted by molar-refractivity contribution is 0.0997. The molecule has 2 rings (SSSR count). The van der Waals surface area contributed by atoms with Crippen LogP contribution in [0, 0.1) is 17.1 Å². The Bertz CT molecular complexity index is 598. The summed E-state index contributed by atoms with van der Waals surface area (Å²) in [4.78, 5) is 11.5. The number of ketones is 1. The van der Waals surface area contributed by atoms with E-state index < -0.39 is 5.82 Å². The molecule has 0 N–H and O–H groups in total. The second-order valence-electron chi connectivity index (χ2n) is 3.44. The zero-order chi connectivity index (χ0) is 11.5. The second kappa shape index (κ2) is 4.11. The molecule has 2 nitrogen and oxygen atoms in total. The molecule has 0 aliphatic carbocycles. The third kappa shape index (κ3) is 1.78. The highest BCUT2D eigenvalue weighted by atomic mass is 19.1. The molecule has 2 aromatic rings. The van der Waals surface area contributed by atoms with E-state index in [1.807, 2.05) is 0 Å². The van der Waals surface area contributed by atoms with Crippen LogP contribution in [0.2, 0.25) is 0 Å². The molecule has 0 bridgehead atoms. The molecule has 0 atom stereocenters. The van der Waals surface area contributed by atoms with Crippen molar-refractivity contribution in [1.82, 2.24) is 0 Å². The predicted octanol–water partition coefficient (Wildman–Crippen LogP) is 3.08. The van der Waals surface area contributed by atoms with E-state index in [9.17, 15) is 9.18 Å². The quantitative estimate of drug-likeness (QED) is 0.719. The van der Waals surface area contributed by atoms with Crippen molar-refractivity contribution in [2.24, 2.45) is 0 Å². The van der Waals surface area contributed by atoms with Crippen LogP contribution in [0.3, 0.4) is 0 Å². The Kier molecular flexibility index (Phi) is 2.65. The summed E-state index contributed by atoms with van der Waals surface area (Å²) in [5.74, 6) is -0.786. The van der Waals surface area contributed by atoms with Crippen molar-refractivity contribution in [2.75, 3.05) is 0 Å². The molecule has 0 aliphatic rings. The van der Waals surface area contributed by atoms with E-state index in [1.54, 1.807) is 36.4 Å². The van der Waals surface area contributed by atoms with Crippen molar-refractivity contribution in [1.29, 1.82) is 5.26 Å². The molecular formula is C13H8FNO. The van der Waals surface area contributed by atoms with E-state index in [2.05, 4.69) is 0 Å². The fourth-order valence-electron chi connectivity index (χ4n) is 1.60. The first-order chi connectivity index (χ1) is 7.72. The van der Waals surface area contributed by atoms with Crippen LogP contribution < -0.4 is 0 Å². The lowest BCUT2D eigenvalue weighted by atomic mass is 10.0. The van der Waals surface area contributed by atoms with Crippen molar-refractivity contribution in [3.8, 4) is 6.07 Å². The zero-order valence-electron chi connectivity index (χ0n) is 8.40. The minimum absolute atomic E-state index is 0.224. The lowest BCUT2D eigenvalue weighted by Crippen LogP contribution is -1.98. The van der Waals surface area contributed by atoms with Crippen LogP contribution in [0.4, 0.5) is 4.39 Å². The first-order valence-electron chi connectivity index (χ1n) is 4.81. The van der Waals surface area contributed by atoms with Gasteiger partial charge in [-0.25, -0.2) is 4.39 Å². The van der Waals surface area contributed by atoms with Crippen LogP contribution in [-0.2, 0) is 0 Å². The topological polar surface area (TPSA) is 40.9 Å². The Morgan fingerprint density at radius 1 is 1.31 bits per heavy atom. The number of rotatable bonds is 2. The van der Waals surface area contributed by atoms with Gasteiger partial charge in [0.2, 0.25) is 0 Å². The first-order valence-corrected chi connectivity index (χ1v) is 4.81. The lowest BCUT2D eigenvalue weighted by Gasteiger charge is -2.02. The van der Waals surface area contributed by atoms with Crippen LogP contribution in [0.25, 0.3) is 10.8 Å². The van der Waals surface area contributed by atoms with Gasteiger partial charge in [-0.05, 0) is 17.5 Å². The molecule has 0 radical (unpaired) electrons. The van der Waals surface area contributed by atoms with Gasteiger partial charge in [-0.2, -0.15) is 5.26 Å². The third-order valence-corrected chi connectivity index (χ3v) is 2.37. The van der Waals surface area contributed by atoms with Crippen molar-refractivity contribution in [3.63, 3.8) is 0 Å². The molecule has 0 saturated carbocycles. The standard InChI is InChI=1S/C13H8FNO/c14-12-8-10(13(16)5-6-15)7-9-3-1-2-4-11(9)12/h1-4,7-8H,5H2. The molecule has 16 heavy (non-hydrogen) atoms. The molecule has 0 saturated heterocycles. The van der Waals surface area contributed by atoms with E-state index in [4.69, 9.17) is 5.26 Å². The number of carbonyl (C=O) groups excluding carboxylic acids is 1. The summed E-state index contributed by atoms with van der Waals surface area (Å²) in [5.41, 5.74) is 0.248. The van der Waals surface area contributed by atoms with Gasteiger partial charge in [-0.1, -0.05) is 24.3 Å². The number of carbonyl (C=O) groups is 1. The highest BCUT2D eigenvalue weighted by Crippen LogP contribution is 2.20. The minimum atomic E-state index is -0.431. The van der Waals surface area contributed by atoms with Crippen LogP contribution in [0.1, 0.15) is 16.8 Å². The van der Waals surface area contributed by atoms with Crippen LogP contribution in [0.5, 0.6) is 0 Å². The molecule has 0 spiro atoms. The second-order valence-corrected chi connectivity index (χ2v) is 3.44. The number of nitriles is 1. The summed E-state index contributed by atoms with van der Waals surface area (Å²) in [5, 5.41) is 9.57. The average molecular weight is 213 g/mol. The minimum Gasteiger partial charge on any atom is -0.293 e. The van der Waals surface area contributed by atoms with E-state index in [0.29, 0.717) is 10.8 Å². The number of fused-ring (bicyclic) bond motifs is 1. The molecule has 0 heterocycles. The molecule has 2 aromatic carbocycles. The molecule has 0 fully saturated rings.